The molecule has 0 bridgehead atoms. The number of nitrogens with zero attached hydrogens (tertiary/aromatic N) is 5. The number of phenolic OH excluding ortho intramolecular Hbond substituents is 1. The molecule has 26 nitrogen and oxygen atoms in total. The number of H-pyrrole nitrogens is 1. The molecule has 4 aliphatic rings. The Morgan fingerprint density at radius 3 is 1.26 bits per heavy atom. The molecule has 4 saturated heterocycles. The number of nitrogens with one attached hydrogen (secondary N) is 1. The number of halogens is 7. The molecule has 7 heterocycles. The Balaban J connectivity index is 0.000000213. The number of hydrogen-bond donors (Lipinski definition) is 4. The lowest BCUT2D eigenvalue weighted by atomic mass is 10.2. The Morgan fingerprint density at radius 2 is 0.860 bits per heavy atom. The van der Waals surface area contributed by atoms with Gasteiger partial charge in [-0.05, 0) is 132 Å². The van der Waals surface area contributed by atoms with Crippen molar-refractivity contribution in [3.05, 3.63) is 125 Å². The van der Waals surface area contributed by atoms with Crippen molar-refractivity contribution in [2.45, 2.75) is 235 Å². The van der Waals surface area contributed by atoms with Gasteiger partial charge in [0.05, 0.1) is 79.0 Å². The van der Waals surface area contributed by atoms with Gasteiger partial charge in [0.1, 0.15) is 109 Å². The van der Waals surface area contributed by atoms with Gasteiger partial charge in [-0.3, -0.25) is 4.18 Å². The number of aryl methyl sites for hydroxylation is 2. The van der Waals surface area contributed by atoms with Crippen molar-refractivity contribution < 1.29 is 93.2 Å². The van der Waals surface area contributed by atoms with Crippen molar-refractivity contribution in [1.82, 2.24) is 29.1 Å². The first-order chi connectivity index (χ1) is 57.0. The summed E-state index contributed by atoms with van der Waals surface area (Å²) < 4.78 is 122. The van der Waals surface area contributed by atoms with Crippen LogP contribution in [-0.2, 0) is 104 Å². The fourth-order valence-corrected chi connectivity index (χ4v) is 17.7. The van der Waals surface area contributed by atoms with Gasteiger partial charge in [0, 0.05) is 95.8 Å². The zero-order valence-electron chi connectivity index (χ0n) is 72.1. The van der Waals surface area contributed by atoms with Crippen LogP contribution in [-0.4, -0.2) is 211 Å². The molecule has 0 aliphatic carbocycles. The summed E-state index contributed by atoms with van der Waals surface area (Å²) in [6.45, 7) is 40.0. The number of fused-ring (bicyclic) bond motifs is 3. The molecule has 3 aromatic heterocycles. The Morgan fingerprint density at radius 1 is 0.479 bits per heavy atom. The van der Waals surface area contributed by atoms with Crippen LogP contribution in [0.25, 0.3) is 33.1 Å². The number of aliphatic hydroxyl groups excluding tert-OH is 2. The maximum absolute atomic E-state index is 11.8. The van der Waals surface area contributed by atoms with E-state index in [1.165, 1.54) is 12.1 Å². The van der Waals surface area contributed by atoms with E-state index in [2.05, 4.69) is 93.5 Å². The molecule has 8 aromatic rings. The smallest absolute Gasteiger partial charge is 0.297 e. The highest BCUT2D eigenvalue weighted by Crippen LogP contribution is 2.42. The van der Waals surface area contributed by atoms with Crippen LogP contribution >= 0.6 is 80.3 Å². The number of imidazole rings is 3. The zero-order chi connectivity index (χ0) is 88.9. The number of aromatic hydroxyl groups is 1. The van der Waals surface area contributed by atoms with Gasteiger partial charge < -0.3 is 86.3 Å². The molecule has 39 heteroatoms. The van der Waals surface area contributed by atoms with Gasteiger partial charge >= 0.3 is 0 Å². The van der Waals surface area contributed by atoms with Crippen molar-refractivity contribution in [1.29, 1.82) is 0 Å². The fraction of sp³-hybridized carbons (Fsp3) is 0.598. The molecule has 4 aliphatic heterocycles. The van der Waals surface area contributed by atoms with Gasteiger partial charge in [-0.25, -0.2) is 23.4 Å². The molecule has 4 N–H and O–H groups in total. The number of rotatable bonds is 37. The Hall–Kier alpha value is -3.81. The molecule has 0 spiro atoms. The molecule has 4 fully saturated rings. The molecule has 4 atom stereocenters. The van der Waals surface area contributed by atoms with Crippen molar-refractivity contribution in [3.8, 4) is 17.2 Å². The standard InChI is InChI=1S/C25H42Cl2N2O5Si2.C20H34Cl2N2O4Si2.C13H14Cl2N2O3.C12H16O4S.C7H7ClO2S.C5H10O2/c1-35(2,3)12-10-30-17-29-21-14-20(26)23(27)25(34-15-19-8-7-9-33-19)24(21)28-22(29)16-32-18-31-11-13-36(4,5)6;1-29(2,3)9-7-26-13-24-16-11-15(21)18(22)20(25)19(16)23-17(24)12-28-14-27-8-10-30(4,5)6;14-8-4-9-12(17-10(5-18)16-9)13(11(8)15)20-6-7-2-1-3-19-7;1-10-4-6-12(7-5-10)17(13,14)16-9-11-3-2-8-15-11;1-6-2-4-7(5-3-6)11(8,9)10;6-4-5-2-1-3-7-5/h14,19H,7-13,15-18H2,1-6H3;11,25H,7-10,12-14H2,1-6H3;4,7,18H,1-3,5-6H2,(H,16,17);4-7,11H,2-3,8-9H2,1H3;2-5H,1H3;5-6H,1-4H2. The van der Waals surface area contributed by atoms with E-state index in [1.807, 2.05) is 29.0 Å². The highest BCUT2D eigenvalue weighted by Gasteiger charge is 2.28. The minimum atomic E-state index is -3.64. The van der Waals surface area contributed by atoms with Crippen molar-refractivity contribution >= 4 is 165 Å². The monoisotopic (exact) mass is 1930 g/mol. The Bertz CT molecular complexity index is 4720. The maximum atomic E-state index is 11.8. The van der Waals surface area contributed by atoms with Crippen molar-refractivity contribution in [2.75, 3.05) is 92.9 Å². The third-order valence-corrected chi connectivity index (χ3v) is 31.0. The van der Waals surface area contributed by atoms with E-state index < -0.39 is 51.5 Å². The summed E-state index contributed by atoms with van der Waals surface area (Å²) in [6, 6.07) is 22.5. The lowest BCUT2D eigenvalue weighted by molar-refractivity contribution is -0.0610. The molecule has 0 amide bonds. The molecule has 0 saturated carbocycles. The van der Waals surface area contributed by atoms with Gasteiger partial charge in [-0.2, -0.15) is 8.42 Å². The van der Waals surface area contributed by atoms with Gasteiger partial charge in [-0.15, -0.1) is 0 Å². The summed E-state index contributed by atoms with van der Waals surface area (Å²) in [4.78, 5) is 16.9. The lowest BCUT2D eigenvalue weighted by Crippen LogP contribution is -2.22. The van der Waals surface area contributed by atoms with E-state index in [4.69, 9.17) is 157 Å². The zero-order valence-corrected chi connectivity index (χ0v) is 83.0. The van der Waals surface area contributed by atoms with E-state index in [1.54, 1.807) is 48.5 Å². The predicted octanol–water partition coefficient (Wildman–Crippen LogP) is 20.1. The van der Waals surface area contributed by atoms with Crippen LogP contribution in [0, 0.1) is 13.8 Å². The van der Waals surface area contributed by atoms with E-state index in [-0.39, 0.29) is 96.6 Å². The third-order valence-electron chi connectivity index (χ3n) is 19.2. The minimum absolute atomic E-state index is 0.0539. The van der Waals surface area contributed by atoms with Crippen molar-refractivity contribution in [3.63, 3.8) is 0 Å². The quantitative estimate of drug-likeness (QED) is 0.00924. The van der Waals surface area contributed by atoms with Crippen LogP contribution in [0.15, 0.2) is 76.5 Å². The van der Waals surface area contributed by atoms with E-state index in [0.717, 1.165) is 112 Å². The highest BCUT2D eigenvalue weighted by atomic mass is 35.7. The Kier molecular flexibility index (Phi) is 43.3. The first-order valence-corrected chi connectivity index (χ1v) is 61.5. The number of aliphatic hydroxyl groups is 2. The van der Waals surface area contributed by atoms with Crippen LogP contribution in [0.4, 0.5) is 0 Å². The second-order valence-electron chi connectivity index (χ2n) is 34.6. The average molecular weight is 1940 g/mol. The van der Waals surface area contributed by atoms with Crippen molar-refractivity contribution in [2.24, 2.45) is 0 Å². The van der Waals surface area contributed by atoms with Gasteiger partial charge in [0.2, 0.25) is 0 Å². The summed E-state index contributed by atoms with van der Waals surface area (Å²) in [5.41, 5.74) is 5.78. The predicted molar refractivity (Wildman–Crippen MR) is 491 cm³/mol. The number of benzene rings is 5. The number of ether oxygens (including phenoxy) is 12. The second kappa shape index (κ2) is 50.2. The van der Waals surface area contributed by atoms with Gasteiger partial charge in [0.15, 0.2) is 17.2 Å². The number of hydrogen-bond acceptors (Lipinski definition) is 23. The first-order valence-electron chi connectivity index (χ1n) is 40.7. The molecule has 678 valence electrons. The average Bonchev–Trinajstić information content (AvgIpc) is 1.64. The number of phenols is 1. The van der Waals surface area contributed by atoms with E-state index in [0.29, 0.717) is 136 Å². The van der Waals surface area contributed by atoms with Gasteiger partial charge in [0.25, 0.3) is 19.2 Å². The molecule has 4 unspecified atom stereocenters. The SMILES string of the molecule is C[Si](C)(C)CCOCOCc1nc2c(O)c(Cl)c(Cl)cc2n1COCC[Si](C)(C)C.C[Si](C)(C)CCOCOCc1nc2c(OCC3CCCO3)c(Cl)c(Cl)cc2n1COCC[Si](C)(C)C.Cc1ccc(S(=O)(=O)Cl)cc1.Cc1ccc(S(=O)(=O)OCC2CCCO2)cc1.OCC1CCCO1.OCc1nc2c(OCC3CCCO3)c(Cl)c(Cl)cc2[nH]1. The van der Waals surface area contributed by atoms with Crippen LogP contribution in [0.5, 0.6) is 17.2 Å². The van der Waals surface area contributed by atoms with E-state index >= 15 is 0 Å². The summed E-state index contributed by atoms with van der Waals surface area (Å²) in [5, 5.41) is 29.8. The molecule has 0 radical (unpaired) electrons. The van der Waals surface area contributed by atoms with Gasteiger partial charge in [-0.1, -0.05) is 184 Å². The highest BCUT2D eigenvalue weighted by molar-refractivity contribution is 8.13. The lowest BCUT2D eigenvalue weighted by Gasteiger charge is -2.17. The summed E-state index contributed by atoms with van der Waals surface area (Å²) in [6.07, 6.45) is 8.22. The third kappa shape index (κ3) is 36.3. The first kappa shape index (κ1) is 104. The van der Waals surface area contributed by atoms with Crippen LogP contribution in [0.3, 0.4) is 0 Å². The maximum Gasteiger partial charge on any atom is 0.297 e. The Labute approximate surface area is 752 Å². The van der Waals surface area contributed by atoms with Crippen LogP contribution in [0.1, 0.15) is 80.0 Å². The van der Waals surface area contributed by atoms with Crippen LogP contribution in [0.2, 0.25) is 133 Å². The molecule has 5 aromatic carbocycles. The number of aromatic amines is 1. The summed E-state index contributed by atoms with van der Waals surface area (Å²) in [7, 11) is -6.76. The largest absolute Gasteiger partial charge is 0.504 e. The normalized spacial score (nSPS) is 17.0. The van der Waals surface area contributed by atoms with E-state index in [9.17, 15) is 21.9 Å². The fourth-order valence-electron chi connectivity index (χ4n) is 11.9. The molecular weight excluding hydrogens is 1810 g/mol. The number of aromatic nitrogens is 6. The van der Waals surface area contributed by atoms with Crippen LogP contribution < -0.4 is 9.47 Å². The topological polar surface area (TPSA) is 313 Å². The molecule has 12 rings (SSSR count). The second-order valence-corrected chi connectivity index (χ2v) is 63.6. The summed E-state index contributed by atoms with van der Waals surface area (Å²) in [5.74, 6) is 2.56. The molecule has 121 heavy (non-hydrogen) atoms. The summed E-state index contributed by atoms with van der Waals surface area (Å²) >= 11 is 37.6. The minimum Gasteiger partial charge on any atom is -0.504 e. The molecular formula is C82H123Cl7N6O20S2Si4.